The number of nitrogens with one attached hydrogen (secondary N) is 2. The first-order chi connectivity index (χ1) is 11.6. The molecule has 0 aliphatic rings. The molecule has 1 aromatic carbocycles. The van der Waals surface area contributed by atoms with Gasteiger partial charge in [-0.05, 0) is 30.7 Å². The summed E-state index contributed by atoms with van der Waals surface area (Å²) < 4.78 is 0.585. The SMILES string of the molecule is CCCCNC(=O)CSc1nnc(C(=O)Nc2ccc(Cl)cc2)s1. The van der Waals surface area contributed by atoms with Crippen molar-refractivity contribution in [3.63, 3.8) is 0 Å². The van der Waals surface area contributed by atoms with E-state index in [0.29, 0.717) is 21.6 Å². The van der Waals surface area contributed by atoms with Crippen LogP contribution >= 0.6 is 34.7 Å². The summed E-state index contributed by atoms with van der Waals surface area (Å²) >= 11 is 8.23. The standard InChI is InChI=1S/C15H17ClN4O2S2/c1-2-3-8-17-12(21)9-23-15-20-19-14(24-15)13(22)18-11-6-4-10(16)5-7-11/h4-7H,2-3,8-9H2,1H3,(H,17,21)(H,18,22). The molecule has 0 fully saturated rings. The van der Waals surface area contributed by atoms with E-state index in [0.717, 1.165) is 24.2 Å². The smallest absolute Gasteiger partial charge is 0.286 e. The molecule has 2 N–H and O–H groups in total. The highest BCUT2D eigenvalue weighted by Crippen LogP contribution is 2.23. The number of anilines is 1. The molecular formula is C15H17ClN4O2S2. The second-order valence-electron chi connectivity index (χ2n) is 4.83. The van der Waals surface area contributed by atoms with Gasteiger partial charge in [-0.15, -0.1) is 10.2 Å². The third kappa shape index (κ3) is 6.10. The minimum atomic E-state index is -0.339. The van der Waals surface area contributed by atoms with E-state index in [1.165, 1.54) is 11.8 Å². The topological polar surface area (TPSA) is 84.0 Å². The van der Waals surface area contributed by atoms with Gasteiger partial charge in [-0.3, -0.25) is 9.59 Å². The van der Waals surface area contributed by atoms with Crippen LogP contribution in [0.15, 0.2) is 28.6 Å². The third-order valence-corrected chi connectivity index (χ3v) is 5.19. The Labute approximate surface area is 153 Å². The minimum Gasteiger partial charge on any atom is -0.355 e. The van der Waals surface area contributed by atoms with E-state index in [4.69, 9.17) is 11.6 Å². The molecule has 24 heavy (non-hydrogen) atoms. The van der Waals surface area contributed by atoms with E-state index in [-0.39, 0.29) is 22.6 Å². The quantitative estimate of drug-likeness (QED) is 0.538. The molecule has 0 saturated heterocycles. The first-order valence-electron chi connectivity index (χ1n) is 7.38. The summed E-state index contributed by atoms with van der Waals surface area (Å²) in [5, 5.41) is 14.2. The zero-order valence-corrected chi connectivity index (χ0v) is 15.4. The maximum atomic E-state index is 12.1. The highest BCUT2D eigenvalue weighted by Gasteiger charge is 2.14. The van der Waals surface area contributed by atoms with Crippen LogP contribution in [0.4, 0.5) is 5.69 Å². The van der Waals surface area contributed by atoms with E-state index in [1.807, 2.05) is 0 Å². The molecule has 0 spiro atoms. The fraction of sp³-hybridized carbons (Fsp3) is 0.333. The molecule has 2 amide bonds. The van der Waals surface area contributed by atoms with Gasteiger partial charge in [-0.1, -0.05) is 48.0 Å². The third-order valence-electron chi connectivity index (χ3n) is 2.88. The van der Waals surface area contributed by atoms with Gasteiger partial charge in [0.15, 0.2) is 4.34 Å². The summed E-state index contributed by atoms with van der Waals surface area (Å²) in [5.74, 6) is -0.123. The second kappa shape index (κ2) is 9.61. The van der Waals surface area contributed by atoms with E-state index >= 15 is 0 Å². The summed E-state index contributed by atoms with van der Waals surface area (Å²) in [6.07, 6.45) is 2.00. The number of hydrogen-bond acceptors (Lipinski definition) is 6. The number of benzene rings is 1. The number of amides is 2. The number of halogens is 1. The molecular weight excluding hydrogens is 368 g/mol. The number of unbranched alkanes of at least 4 members (excludes halogenated alkanes) is 1. The normalized spacial score (nSPS) is 10.4. The molecule has 0 radical (unpaired) electrons. The average molecular weight is 385 g/mol. The van der Waals surface area contributed by atoms with Crippen molar-refractivity contribution in [3.8, 4) is 0 Å². The Hall–Kier alpha value is -1.64. The van der Waals surface area contributed by atoms with Crippen molar-refractivity contribution in [2.45, 2.75) is 24.1 Å². The van der Waals surface area contributed by atoms with Gasteiger partial charge in [0.1, 0.15) is 0 Å². The predicted molar refractivity (Wildman–Crippen MR) is 98.0 cm³/mol. The van der Waals surface area contributed by atoms with Gasteiger partial charge >= 0.3 is 0 Å². The predicted octanol–water partition coefficient (Wildman–Crippen LogP) is 3.45. The van der Waals surface area contributed by atoms with Gasteiger partial charge in [0.05, 0.1) is 5.75 Å². The molecule has 128 valence electrons. The summed E-state index contributed by atoms with van der Waals surface area (Å²) in [6, 6.07) is 6.79. The fourth-order valence-corrected chi connectivity index (χ4v) is 3.36. The molecule has 0 unspecified atom stereocenters. The van der Waals surface area contributed by atoms with E-state index < -0.39 is 0 Å². The van der Waals surface area contributed by atoms with Crippen molar-refractivity contribution in [2.75, 3.05) is 17.6 Å². The Bertz CT molecular complexity index is 691. The monoisotopic (exact) mass is 384 g/mol. The summed E-state index contributed by atoms with van der Waals surface area (Å²) in [6.45, 7) is 2.75. The Balaban J connectivity index is 1.82. The first kappa shape index (κ1) is 18.7. The van der Waals surface area contributed by atoms with Gasteiger partial charge in [-0.25, -0.2) is 0 Å². The van der Waals surface area contributed by atoms with Crippen molar-refractivity contribution in [3.05, 3.63) is 34.3 Å². The molecule has 0 bridgehead atoms. The number of carbonyl (C=O) groups excluding carboxylic acids is 2. The van der Waals surface area contributed by atoms with Crippen LogP contribution in [-0.2, 0) is 4.79 Å². The average Bonchev–Trinajstić information content (AvgIpc) is 3.04. The number of aromatic nitrogens is 2. The van der Waals surface area contributed by atoms with E-state index in [2.05, 4.69) is 27.8 Å². The van der Waals surface area contributed by atoms with Crippen LogP contribution in [-0.4, -0.2) is 34.3 Å². The lowest BCUT2D eigenvalue weighted by molar-refractivity contribution is -0.118. The van der Waals surface area contributed by atoms with Gasteiger partial charge < -0.3 is 10.6 Å². The summed E-state index contributed by atoms with van der Waals surface area (Å²) in [7, 11) is 0. The second-order valence-corrected chi connectivity index (χ2v) is 7.46. The molecule has 9 heteroatoms. The number of carbonyl (C=O) groups is 2. The Morgan fingerprint density at radius 1 is 1.25 bits per heavy atom. The van der Waals surface area contributed by atoms with Crippen molar-refractivity contribution in [1.82, 2.24) is 15.5 Å². The van der Waals surface area contributed by atoms with Crippen LogP contribution in [0.3, 0.4) is 0 Å². The molecule has 1 aromatic heterocycles. The van der Waals surface area contributed by atoms with Crippen molar-refractivity contribution in [1.29, 1.82) is 0 Å². The minimum absolute atomic E-state index is 0.0455. The largest absolute Gasteiger partial charge is 0.355 e. The highest BCUT2D eigenvalue weighted by atomic mass is 35.5. The Morgan fingerprint density at radius 2 is 2.00 bits per heavy atom. The van der Waals surface area contributed by atoms with E-state index in [9.17, 15) is 9.59 Å². The van der Waals surface area contributed by atoms with Gasteiger partial charge in [0.25, 0.3) is 5.91 Å². The lowest BCUT2D eigenvalue weighted by atomic mass is 10.3. The number of rotatable bonds is 8. The van der Waals surface area contributed by atoms with Crippen LogP contribution in [0, 0.1) is 0 Å². The summed E-state index contributed by atoms with van der Waals surface area (Å²) in [4.78, 5) is 23.7. The maximum absolute atomic E-state index is 12.1. The molecule has 2 aromatic rings. The van der Waals surface area contributed by atoms with Crippen LogP contribution in [0.5, 0.6) is 0 Å². The molecule has 1 heterocycles. The number of nitrogens with zero attached hydrogens (tertiary/aromatic N) is 2. The van der Waals surface area contributed by atoms with Crippen molar-refractivity contribution >= 4 is 52.2 Å². The first-order valence-corrected chi connectivity index (χ1v) is 9.56. The molecule has 6 nitrogen and oxygen atoms in total. The van der Waals surface area contributed by atoms with Crippen molar-refractivity contribution in [2.24, 2.45) is 0 Å². The number of thioether (sulfide) groups is 1. The van der Waals surface area contributed by atoms with Gasteiger partial charge in [0, 0.05) is 17.3 Å². The maximum Gasteiger partial charge on any atom is 0.286 e. The fourth-order valence-electron chi connectivity index (χ4n) is 1.66. The van der Waals surface area contributed by atoms with Crippen LogP contribution in [0.2, 0.25) is 5.02 Å². The molecule has 0 aliphatic heterocycles. The van der Waals surface area contributed by atoms with Gasteiger partial charge in [-0.2, -0.15) is 0 Å². The zero-order valence-electron chi connectivity index (χ0n) is 13.0. The number of hydrogen-bond donors (Lipinski definition) is 2. The Kier molecular flexibility index (Phi) is 7.48. The molecule has 0 atom stereocenters. The summed E-state index contributed by atoms with van der Waals surface area (Å²) in [5.41, 5.74) is 0.629. The van der Waals surface area contributed by atoms with Crippen LogP contribution < -0.4 is 10.6 Å². The highest BCUT2D eigenvalue weighted by molar-refractivity contribution is 8.01. The van der Waals surface area contributed by atoms with Crippen molar-refractivity contribution < 1.29 is 9.59 Å². The van der Waals surface area contributed by atoms with Gasteiger partial charge in [0.2, 0.25) is 10.9 Å². The van der Waals surface area contributed by atoms with Crippen LogP contribution in [0.1, 0.15) is 29.6 Å². The van der Waals surface area contributed by atoms with E-state index in [1.54, 1.807) is 24.3 Å². The molecule has 0 saturated carbocycles. The molecule has 2 rings (SSSR count). The lowest BCUT2D eigenvalue weighted by Crippen LogP contribution is -2.25. The molecule has 0 aliphatic carbocycles. The zero-order chi connectivity index (χ0) is 17.4. The lowest BCUT2D eigenvalue weighted by Gasteiger charge is -2.02. The Morgan fingerprint density at radius 3 is 2.71 bits per heavy atom. The van der Waals surface area contributed by atoms with Crippen LogP contribution in [0.25, 0.3) is 0 Å².